The highest BCUT2D eigenvalue weighted by Gasteiger charge is 2.37. The maximum Gasteiger partial charge on any atom is 0.438 e. The van der Waals surface area contributed by atoms with Crippen LogP contribution >= 0.6 is 0 Å². The van der Waals surface area contributed by atoms with E-state index in [0.717, 1.165) is 15.7 Å². The quantitative estimate of drug-likeness (QED) is 0.679. The van der Waals surface area contributed by atoms with Gasteiger partial charge in [-0.2, -0.15) is 13.2 Å². The number of alkyl halides is 3. The summed E-state index contributed by atoms with van der Waals surface area (Å²) >= 11 is 0. The molecule has 1 amide bonds. The second-order valence-electron chi connectivity index (χ2n) is 6.67. The molecule has 0 fully saturated rings. The van der Waals surface area contributed by atoms with Gasteiger partial charge in [0.05, 0.1) is 11.0 Å². The van der Waals surface area contributed by atoms with Crippen LogP contribution in [0.3, 0.4) is 0 Å². The van der Waals surface area contributed by atoms with E-state index < -0.39 is 29.9 Å². The maximum absolute atomic E-state index is 13.2. The van der Waals surface area contributed by atoms with Crippen LogP contribution in [0.4, 0.5) is 13.2 Å². The summed E-state index contributed by atoms with van der Waals surface area (Å²) in [4.78, 5) is 30.3. The van der Waals surface area contributed by atoms with Gasteiger partial charge in [0.25, 0.3) is 5.56 Å². The van der Waals surface area contributed by atoms with Crippen molar-refractivity contribution in [2.24, 2.45) is 0 Å². The van der Waals surface area contributed by atoms with Crippen LogP contribution in [0.2, 0.25) is 0 Å². The number of rotatable bonds is 2. The normalized spacial score (nSPS) is 14.2. The van der Waals surface area contributed by atoms with E-state index in [1.54, 1.807) is 11.0 Å². The lowest BCUT2D eigenvalue weighted by atomic mass is 10.00. The minimum atomic E-state index is -4.89. The maximum atomic E-state index is 13.2. The lowest BCUT2D eigenvalue weighted by Crippen LogP contribution is -2.41. The van der Waals surface area contributed by atoms with Crippen molar-refractivity contribution in [2.45, 2.75) is 25.7 Å². The van der Waals surface area contributed by atoms with E-state index in [0.29, 0.717) is 19.5 Å². The standard InChI is InChI=1S/C20H16F3N3O2/c21-20(22,23)18-19(28)26(16-8-4-3-7-15(16)24-18)12-17(27)25-10-9-13-5-1-2-6-14(13)11-25/h1-8H,9-12H2. The van der Waals surface area contributed by atoms with Gasteiger partial charge in [0.1, 0.15) is 6.54 Å². The molecule has 0 aliphatic carbocycles. The molecule has 0 unspecified atom stereocenters. The van der Waals surface area contributed by atoms with Crippen molar-refractivity contribution in [2.75, 3.05) is 6.54 Å². The summed E-state index contributed by atoms with van der Waals surface area (Å²) in [5, 5.41) is 0. The Bertz CT molecular complexity index is 1120. The number of fused-ring (bicyclic) bond motifs is 2. The molecule has 5 nitrogen and oxygen atoms in total. The van der Waals surface area contributed by atoms with Crippen molar-refractivity contribution in [3.63, 3.8) is 0 Å². The molecule has 4 rings (SSSR count). The number of benzene rings is 2. The van der Waals surface area contributed by atoms with Crippen molar-refractivity contribution in [1.29, 1.82) is 0 Å². The zero-order chi connectivity index (χ0) is 19.9. The molecule has 1 aliphatic rings. The lowest BCUT2D eigenvalue weighted by Gasteiger charge is -2.29. The molecule has 3 aromatic rings. The van der Waals surface area contributed by atoms with Gasteiger partial charge >= 0.3 is 6.18 Å². The highest BCUT2D eigenvalue weighted by Crippen LogP contribution is 2.26. The number of hydrogen-bond donors (Lipinski definition) is 0. The Morgan fingerprint density at radius 3 is 2.46 bits per heavy atom. The Hall–Kier alpha value is -3.16. The molecule has 1 aliphatic heterocycles. The Labute approximate surface area is 158 Å². The van der Waals surface area contributed by atoms with Gasteiger partial charge in [0, 0.05) is 13.1 Å². The van der Waals surface area contributed by atoms with Gasteiger partial charge in [-0.25, -0.2) is 4.98 Å². The average Bonchev–Trinajstić information content (AvgIpc) is 2.68. The molecule has 28 heavy (non-hydrogen) atoms. The molecule has 144 valence electrons. The van der Waals surface area contributed by atoms with Gasteiger partial charge in [-0.15, -0.1) is 0 Å². The van der Waals surface area contributed by atoms with E-state index >= 15 is 0 Å². The average molecular weight is 387 g/mol. The fraction of sp³-hybridized carbons (Fsp3) is 0.250. The molecule has 0 radical (unpaired) electrons. The van der Waals surface area contributed by atoms with Crippen LogP contribution < -0.4 is 5.56 Å². The molecule has 2 aromatic carbocycles. The van der Waals surface area contributed by atoms with Crippen LogP contribution in [-0.4, -0.2) is 26.9 Å². The number of carbonyl (C=O) groups excluding carboxylic acids is 1. The molecule has 0 atom stereocenters. The number of hydrogen-bond acceptors (Lipinski definition) is 3. The second kappa shape index (κ2) is 6.78. The zero-order valence-corrected chi connectivity index (χ0v) is 14.7. The summed E-state index contributed by atoms with van der Waals surface area (Å²) in [5.41, 5.74) is -0.445. The fourth-order valence-corrected chi connectivity index (χ4v) is 3.48. The van der Waals surface area contributed by atoms with Gasteiger partial charge in [0.2, 0.25) is 11.6 Å². The summed E-state index contributed by atoms with van der Waals surface area (Å²) in [5.74, 6) is -0.402. The topological polar surface area (TPSA) is 55.2 Å². The Balaban J connectivity index is 1.71. The van der Waals surface area contributed by atoms with E-state index in [9.17, 15) is 22.8 Å². The third-order valence-corrected chi connectivity index (χ3v) is 4.90. The Kier molecular flexibility index (Phi) is 4.41. The number of carbonyl (C=O) groups is 1. The first-order chi connectivity index (χ1) is 13.3. The number of para-hydroxylation sites is 2. The number of amides is 1. The van der Waals surface area contributed by atoms with E-state index in [1.807, 2.05) is 24.3 Å². The highest BCUT2D eigenvalue weighted by atomic mass is 19.4. The molecule has 8 heteroatoms. The minimum absolute atomic E-state index is 0.0196. The summed E-state index contributed by atoms with van der Waals surface area (Å²) in [7, 11) is 0. The monoisotopic (exact) mass is 387 g/mol. The van der Waals surface area contributed by atoms with E-state index in [2.05, 4.69) is 4.98 Å². The Morgan fingerprint density at radius 2 is 1.71 bits per heavy atom. The SMILES string of the molecule is O=C(Cn1c(=O)c(C(F)(F)F)nc2ccccc21)N1CCc2ccccc2C1. The highest BCUT2D eigenvalue weighted by molar-refractivity contribution is 5.80. The summed E-state index contributed by atoms with van der Waals surface area (Å²) < 4.78 is 40.6. The Morgan fingerprint density at radius 1 is 1.04 bits per heavy atom. The molecule has 0 saturated carbocycles. The van der Waals surface area contributed by atoms with Crippen LogP contribution in [0.5, 0.6) is 0 Å². The van der Waals surface area contributed by atoms with Crippen LogP contribution in [0.1, 0.15) is 16.8 Å². The molecule has 2 heterocycles. The van der Waals surface area contributed by atoms with Gasteiger partial charge < -0.3 is 4.90 Å². The van der Waals surface area contributed by atoms with Crippen molar-refractivity contribution < 1.29 is 18.0 Å². The van der Waals surface area contributed by atoms with Crippen LogP contribution in [0.15, 0.2) is 53.3 Å². The van der Waals surface area contributed by atoms with Gasteiger partial charge in [-0.05, 0) is 29.7 Å². The first-order valence-corrected chi connectivity index (χ1v) is 8.76. The van der Waals surface area contributed by atoms with Gasteiger partial charge in [0.15, 0.2) is 0 Å². The van der Waals surface area contributed by atoms with Crippen LogP contribution in [0, 0.1) is 0 Å². The van der Waals surface area contributed by atoms with Gasteiger partial charge in [-0.3, -0.25) is 14.2 Å². The molecular weight excluding hydrogens is 371 g/mol. The van der Waals surface area contributed by atoms with E-state index in [-0.39, 0.29) is 11.0 Å². The van der Waals surface area contributed by atoms with Gasteiger partial charge in [-0.1, -0.05) is 36.4 Å². The summed E-state index contributed by atoms with van der Waals surface area (Å²) in [6.07, 6.45) is -4.22. The second-order valence-corrected chi connectivity index (χ2v) is 6.67. The molecule has 0 N–H and O–H groups in total. The summed E-state index contributed by atoms with van der Waals surface area (Å²) in [6, 6.07) is 13.7. The van der Waals surface area contributed by atoms with Crippen molar-refractivity contribution in [3.05, 3.63) is 75.7 Å². The van der Waals surface area contributed by atoms with E-state index in [4.69, 9.17) is 0 Å². The molecule has 0 spiro atoms. The summed E-state index contributed by atoms with van der Waals surface area (Å²) in [6.45, 7) is 0.367. The minimum Gasteiger partial charge on any atom is -0.336 e. The number of nitrogens with zero attached hydrogens (tertiary/aromatic N) is 3. The number of halogens is 3. The molecular formula is C20H16F3N3O2. The third kappa shape index (κ3) is 3.26. The molecule has 1 aromatic heterocycles. The molecule has 0 bridgehead atoms. The lowest BCUT2D eigenvalue weighted by molar-refractivity contribution is -0.143. The molecule has 0 saturated heterocycles. The van der Waals surface area contributed by atoms with Crippen molar-refractivity contribution in [1.82, 2.24) is 14.5 Å². The van der Waals surface area contributed by atoms with Crippen LogP contribution in [-0.2, 0) is 30.5 Å². The van der Waals surface area contributed by atoms with Crippen molar-refractivity contribution in [3.8, 4) is 0 Å². The van der Waals surface area contributed by atoms with Crippen LogP contribution in [0.25, 0.3) is 11.0 Å². The van der Waals surface area contributed by atoms with Crippen molar-refractivity contribution >= 4 is 16.9 Å². The largest absolute Gasteiger partial charge is 0.438 e. The van der Waals surface area contributed by atoms with E-state index in [1.165, 1.54) is 18.2 Å². The predicted octanol–water partition coefficient (Wildman–Crippen LogP) is 3.00. The third-order valence-electron chi connectivity index (χ3n) is 4.90. The first kappa shape index (κ1) is 18.2. The fourth-order valence-electron chi connectivity index (χ4n) is 3.48. The zero-order valence-electron chi connectivity index (χ0n) is 14.7. The smallest absolute Gasteiger partial charge is 0.336 e. The number of aromatic nitrogens is 2. The predicted molar refractivity (Wildman–Crippen MR) is 96.6 cm³/mol. The first-order valence-electron chi connectivity index (χ1n) is 8.76.